The van der Waals surface area contributed by atoms with Gasteiger partial charge in [0.1, 0.15) is 11.3 Å². The van der Waals surface area contributed by atoms with Crippen molar-refractivity contribution in [2.75, 3.05) is 12.4 Å². The monoisotopic (exact) mass is 339 g/mol. The maximum Gasteiger partial charge on any atom is 0.468 e. The van der Waals surface area contributed by atoms with Gasteiger partial charge in [0, 0.05) is 31.2 Å². The molecule has 0 aliphatic carbocycles. The van der Waals surface area contributed by atoms with E-state index < -0.39 is 18.1 Å². The summed E-state index contributed by atoms with van der Waals surface area (Å²) in [6, 6.07) is 3.64. The number of fused-ring (bicyclic) bond motifs is 1. The highest BCUT2D eigenvalue weighted by Gasteiger charge is 2.37. The van der Waals surface area contributed by atoms with Crippen molar-refractivity contribution in [2.45, 2.75) is 12.7 Å². The minimum absolute atomic E-state index is 0.0595. The molecule has 0 bridgehead atoms. The summed E-state index contributed by atoms with van der Waals surface area (Å²) in [7, 11) is 1.56. The number of aromatic amines is 1. The maximum atomic E-state index is 12.6. The van der Waals surface area contributed by atoms with Crippen LogP contribution < -0.4 is 5.32 Å². The first kappa shape index (κ1) is 15.8. The van der Waals surface area contributed by atoms with Crippen molar-refractivity contribution in [3.05, 3.63) is 42.3 Å². The van der Waals surface area contributed by atoms with E-state index in [0.717, 1.165) is 0 Å². The van der Waals surface area contributed by atoms with Crippen LogP contribution >= 0.6 is 0 Å². The number of imidazole rings is 1. The van der Waals surface area contributed by atoms with Gasteiger partial charge >= 0.3 is 18.1 Å². The average Bonchev–Trinajstić information content (AvgIpc) is 3.15. The number of aromatic nitrogens is 3. The van der Waals surface area contributed by atoms with Crippen LogP contribution in [0.1, 0.15) is 11.7 Å². The normalized spacial score (nSPS) is 11.7. The molecule has 0 saturated carbocycles. The van der Waals surface area contributed by atoms with Gasteiger partial charge in [-0.3, -0.25) is 0 Å². The van der Waals surface area contributed by atoms with E-state index in [0.29, 0.717) is 11.5 Å². The van der Waals surface area contributed by atoms with Gasteiger partial charge in [-0.2, -0.15) is 13.2 Å². The number of halogens is 3. The fourth-order valence-electron chi connectivity index (χ4n) is 2.02. The molecule has 2 N–H and O–H groups in total. The molecule has 3 rings (SSSR count). The van der Waals surface area contributed by atoms with Gasteiger partial charge in [-0.1, -0.05) is 0 Å². The third kappa shape index (κ3) is 3.31. The topological polar surface area (TPSA) is 87.0 Å². The third-order valence-electron chi connectivity index (χ3n) is 3.17. The summed E-state index contributed by atoms with van der Waals surface area (Å²) < 4.78 is 42.4. The van der Waals surface area contributed by atoms with Crippen LogP contribution in [0.5, 0.6) is 0 Å². The highest BCUT2D eigenvalue weighted by molar-refractivity contribution is 5.91. The van der Waals surface area contributed by atoms with E-state index >= 15 is 0 Å². The molecule has 1 aromatic carbocycles. The van der Waals surface area contributed by atoms with E-state index in [4.69, 9.17) is 0 Å². The second-order valence-corrected chi connectivity index (χ2v) is 5.02. The van der Waals surface area contributed by atoms with Crippen molar-refractivity contribution >= 4 is 22.8 Å². The van der Waals surface area contributed by atoms with Crippen molar-refractivity contribution in [3.8, 4) is 0 Å². The molecule has 126 valence electrons. The lowest BCUT2D eigenvalue weighted by atomic mass is 10.3. The maximum absolute atomic E-state index is 12.6. The molecule has 0 unspecified atom stereocenters. The van der Waals surface area contributed by atoms with Gasteiger partial charge in [-0.25, -0.2) is 14.8 Å². The van der Waals surface area contributed by atoms with E-state index in [-0.39, 0.29) is 17.6 Å². The SMILES string of the molecule is CN(Cc1ncc[nH]1)C(=O)Nc1ccc2nc(C(F)(F)F)oc2c1. The number of rotatable bonds is 3. The molecule has 0 atom stereocenters. The van der Waals surface area contributed by atoms with Gasteiger partial charge in [-0.15, -0.1) is 0 Å². The summed E-state index contributed by atoms with van der Waals surface area (Å²) in [5.74, 6) is -0.718. The Balaban J connectivity index is 1.73. The van der Waals surface area contributed by atoms with Crippen LogP contribution in [0.3, 0.4) is 0 Å². The van der Waals surface area contributed by atoms with E-state index in [1.165, 1.54) is 23.1 Å². The molecule has 2 heterocycles. The Bertz CT molecular complexity index is 857. The molecule has 0 spiro atoms. The molecule has 0 aliphatic rings. The first-order chi connectivity index (χ1) is 11.3. The predicted octanol–water partition coefficient (Wildman–Crippen LogP) is 3.23. The van der Waals surface area contributed by atoms with Crippen LogP contribution in [0.2, 0.25) is 0 Å². The molecule has 2 aromatic heterocycles. The smallest absolute Gasteiger partial charge is 0.433 e. The van der Waals surface area contributed by atoms with Gasteiger partial charge in [-0.05, 0) is 12.1 Å². The van der Waals surface area contributed by atoms with Crippen molar-refractivity contribution < 1.29 is 22.4 Å². The molecule has 24 heavy (non-hydrogen) atoms. The summed E-state index contributed by atoms with van der Waals surface area (Å²) in [6.07, 6.45) is -1.46. The second-order valence-electron chi connectivity index (χ2n) is 5.02. The zero-order chi connectivity index (χ0) is 17.3. The van der Waals surface area contributed by atoms with E-state index in [1.54, 1.807) is 19.4 Å². The average molecular weight is 339 g/mol. The Kier molecular flexibility index (Phi) is 3.87. The quantitative estimate of drug-likeness (QED) is 0.767. The number of anilines is 1. The zero-order valence-electron chi connectivity index (χ0n) is 12.4. The zero-order valence-corrected chi connectivity index (χ0v) is 12.4. The summed E-state index contributed by atoms with van der Waals surface area (Å²) in [5.41, 5.74) is 0.293. The number of H-pyrrole nitrogens is 1. The van der Waals surface area contributed by atoms with Gasteiger partial charge in [0.15, 0.2) is 5.58 Å². The second kappa shape index (κ2) is 5.87. The number of carbonyl (C=O) groups excluding carboxylic acids is 1. The molecule has 3 aromatic rings. The summed E-state index contributed by atoms with van der Waals surface area (Å²) >= 11 is 0. The van der Waals surface area contributed by atoms with Crippen LogP contribution in [-0.2, 0) is 12.7 Å². The van der Waals surface area contributed by atoms with Crippen molar-refractivity contribution in [3.63, 3.8) is 0 Å². The number of nitrogens with one attached hydrogen (secondary N) is 2. The number of hydrogen-bond donors (Lipinski definition) is 2. The van der Waals surface area contributed by atoms with E-state index in [9.17, 15) is 18.0 Å². The lowest BCUT2D eigenvalue weighted by molar-refractivity contribution is -0.156. The number of benzene rings is 1. The number of carbonyl (C=O) groups is 1. The Morgan fingerprint density at radius 1 is 1.42 bits per heavy atom. The number of urea groups is 1. The predicted molar refractivity (Wildman–Crippen MR) is 78.1 cm³/mol. The molecule has 10 heteroatoms. The summed E-state index contributed by atoms with van der Waals surface area (Å²) in [4.78, 5) is 23.7. The van der Waals surface area contributed by atoms with Crippen LogP contribution in [0.25, 0.3) is 11.1 Å². The van der Waals surface area contributed by atoms with Crippen molar-refractivity contribution in [1.82, 2.24) is 19.9 Å². The standard InChI is InChI=1S/C14H12F3N5O2/c1-22(7-11-18-4-5-19-11)13(23)20-8-2-3-9-10(6-8)24-12(21-9)14(15,16)17/h2-6H,7H2,1H3,(H,18,19)(H,20,23). The van der Waals surface area contributed by atoms with Crippen LogP contribution in [0.15, 0.2) is 35.0 Å². The highest BCUT2D eigenvalue weighted by atomic mass is 19.4. The first-order valence-electron chi connectivity index (χ1n) is 6.81. The Labute approximate surface area is 133 Å². The molecule has 7 nitrogen and oxygen atoms in total. The van der Waals surface area contributed by atoms with Crippen LogP contribution in [0.4, 0.5) is 23.7 Å². The van der Waals surface area contributed by atoms with Gasteiger partial charge in [0.2, 0.25) is 0 Å². The fourth-order valence-corrected chi connectivity index (χ4v) is 2.02. The third-order valence-corrected chi connectivity index (χ3v) is 3.17. The molecule has 2 amide bonds. The summed E-state index contributed by atoms with van der Waals surface area (Å²) in [6.45, 7) is 0.252. The van der Waals surface area contributed by atoms with E-state index in [2.05, 4.69) is 24.7 Å². The number of alkyl halides is 3. The first-order valence-corrected chi connectivity index (χ1v) is 6.81. The minimum Gasteiger partial charge on any atom is -0.433 e. The number of hydrogen-bond acceptors (Lipinski definition) is 4. The highest BCUT2D eigenvalue weighted by Crippen LogP contribution is 2.31. The lowest BCUT2D eigenvalue weighted by Crippen LogP contribution is -2.31. The van der Waals surface area contributed by atoms with Crippen LogP contribution in [-0.4, -0.2) is 32.9 Å². The number of oxazole rings is 1. The molecule has 0 saturated heterocycles. The molecular weight excluding hydrogens is 327 g/mol. The van der Waals surface area contributed by atoms with Crippen molar-refractivity contribution in [2.24, 2.45) is 0 Å². The van der Waals surface area contributed by atoms with Gasteiger partial charge < -0.3 is 19.6 Å². The molecule has 0 fully saturated rings. The van der Waals surface area contributed by atoms with E-state index in [1.807, 2.05) is 0 Å². The van der Waals surface area contributed by atoms with Crippen molar-refractivity contribution in [1.29, 1.82) is 0 Å². The van der Waals surface area contributed by atoms with Crippen LogP contribution in [0, 0.1) is 0 Å². The van der Waals surface area contributed by atoms with Gasteiger partial charge in [0.25, 0.3) is 0 Å². The summed E-state index contributed by atoms with van der Waals surface area (Å²) in [5, 5.41) is 2.57. The minimum atomic E-state index is -4.66. The molecule has 0 radical (unpaired) electrons. The lowest BCUT2D eigenvalue weighted by Gasteiger charge is -2.16. The largest absolute Gasteiger partial charge is 0.468 e. The molecule has 0 aliphatic heterocycles. The van der Waals surface area contributed by atoms with Gasteiger partial charge in [0.05, 0.1) is 6.54 Å². The number of amides is 2. The Hall–Kier alpha value is -3.04. The Morgan fingerprint density at radius 2 is 2.21 bits per heavy atom. The Morgan fingerprint density at radius 3 is 2.88 bits per heavy atom. The fraction of sp³-hybridized carbons (Fsp3) is 0.214. The molecular formula is C14H12F3N5O2. The number of nitrogens with zero attached hydrogens (tertiary/aromatic N) is 3.